The van der Waals surface area contributed by atoms with Gasteiger partial charge in [0.1, 0.15) is 5.69 Å². The third-order valence-electron chi connectivity index (χ3n) is 5.59. The van der Waals surface area contributed by atoms with Gasteiger partial charge in [-0.25, -0.2) is 9.97 Å². The Labute approximate surface area is 140 Å². The highest BCUT2D eigenvalue weighted by atomic mass is 16.5. The maximum Gasteiger partial charge on any atom is 0.274 e. The molecule has 7 nitrogen and oxygen atoms in total. The minimum absolute atomic E-state index is 0.0338. The lowest BCUT2D eigenvalue weighted by molar-refractivity contribution is -0.0894. The van der Waals surface area contributed by atoms with Crippen molar-refractivity contribution in [3.8, 4) is 0 Å². The van der Waals surface area contributed by atoms with E-state index in [0.29, 0.717) is 18.0 Å². The normalized spacial score (nSPS) is 29.8. The summed E-state index contributed by atoms with van der Waals surface area (Å²) in [7, 11) is 3.49. The molecule has 1 saturated heterocycles. The van der Waals surface area contributed by atoms with E-state index in [1.807, 2.05) is 17.2 Å². The number of ether oxygens (including phenoxy) is 2. The monoisotopic (exact) mass is 330 g/mol. The van der Waals surface area contributed by atoms with Crippen molar-refractivity contribution < 1.29 is 14.3 Å². The SMILES string of the molecule is CO[C@@H]1CC[C@@]2(OC)CCN(C(=O)c3cn4cccnc4n3)[C@H]2C1. The van der Waals surface area contributed by atoms with Gasteiger partial charge < -0.3 is 14.4 Å². The molecule has 7 heteroatoms. The number of likely N-dealkylation sites (tertiary alicyclic amines) is 1. The molecule has 0 spiro atoms. The summed E-state index contributed by atoms with van der Waals surface area (Å²) >= 11 is 0. The lowest BCUT2D eigenvalue weighted by Gasteiger charge is -2.43. The molecule has 4 rings (SSSR count). The average molecular weight is 330 g/mol. The van der Waals surface area contributed by atoms with Gasteiger partial charge in [0.2, 0.25) is 5.78 Å². The number of nitrogens with zero attached hydrogens (tertiary/aromatic N) is 4. The molecule has 128 valence electrons. The molecule has 2 aliphatic rings. The summed E-state index contributed by atoms with van der Waals surface area (Å²) in [6, 6.07) is 1.85. The summed E-state index contributed by atoms with van der Waals surface area (Å²) in [5.41, 5.74) is 0.183. The Bertz CT molecular complexity index is 728. The third kappa shape index (κ3) is 2.31. The molecule has 3 heterocycles. The first-order valence-electron chi connectivity index (χ1n) is 8.35. The maximum atomic E-state index is 13.1. The van der Waals surface area contributed by atoms with Gasteiger partial charge in [-0.2, -0.15) is 0 Å². The van der Waals surface area contributed by atoms with Crippen LogP contribution in [0.15, 0.2) is 24.7 Å². The highest BCUT2D eigenvalue weighted by Crippen LogP contribution is 2.43. The van der Waals surface area contributed by atoms with Crippen LogP contribution in [0.4, 0.5) is 0 Å². The molecule has 0 aromatic carbocycles. The Morgan fingerprint density at radius 1 is 1.38 bits per heavy atom. The van der Waals surface area contributed by atoms with Gasteiger partial charge >= 0.3 is 0 Å². The Kier molecular flexibility index (Phi) is 3.77. The fraction of sp³-hybridized carbons (Fsp3) is 0.588. The third-order valence-corrected chi connectivity index (χ3v) is 5.59. The van der Waals surface area contributed by atoms with Gasteiger partial charge in [-0.1, -0.05) is 0 Å². The predicted octanol–water partition coefficient (Wildman–Crippen LogP) is 1.53. The van der Waals surface area contributed by atoms with E-state index in [1.54, 1.807) is 31.0 Å². The molecule has 3 atom stereocenters. The van der Waals surface area contributed by atoms with Crippen LogP contribution in [-0.2, 0) is 9.47 Å². The second-order valence-electron chi connectivity index (χ2n) is 6.62. The van der Waals surface area contributed by atoms with Crippen molar-refractivity contribution in [2.24, 2.45) is 0 Å². The molecule has 0 N–H and O–H groups in total. The maximum absolute atomic E-state index is 13.1. The van der Waals surface area contributed by atoms with Crippen LogP contribution in [0.25, 0.3) is 5.78 Å². The Morgan fingerprint density at radius 3 is 3.00 bits per heavy atom. The first-order chi connectivity index (χ1) is 11.7. The van der Waals surface area contributed by atoms with Crippen LogP contribution < -0.4 is 0 Å². The molecule has 1 aliphatic carbocycles. The number of rotatable bonds is 3. The summed E-state index contributed by atoms with van der Waals surface area (Å²) in [6.07, 6.45) is 9.00. The van der Waals surface area contributed by atoms with E-state index in [4.69, 9.17) is 9.47 Å². The minimum Gasteiger partial charge on any atom is -0.381 e. The Hall–Kier alpha value is -1.99. The highest BCUT2D eigenvalue weighted by Gasteiger charge is 2.52. The van der Waals surface area contributed by atoms with Gasteiger partial charge in [-0.05, 0) is 31.7 Å². The summed E-state index contributed by atoms with van der Waals surface area (Å²) < 4.78 is 13.2. The standard InChI is InChI=1S/C17H22N4O3/c1-23-12-4-5-17(24-2)6-9-21(14(17)10-12)15(22)13-11-20-8-3-7-18-16(20)19-13/h3,7-8,11-12,14H,4-6,9-10H2,1-2H3/t12-,14+,17-/m1/s1. The molecule has 24 heavy (non-hydrogen) atoms. The summed E-state index contributed by atoms with van der Waals surface area (Å²) in [6.45, 7) is 0.690. The fourth-order valence-corrected chi connectivity index (χ4v) is 4.20. The van der Waals surface area contributed by atoms with Crippen LogP contribution in [0.2, 0.25) is 0 Å². The minimum atomic E-state index is -0.248. The second kappa shape index (κ2) is 5.82. The van der Waals surface area contributed by atoms with Crippen molar-refractivity contribution in [1.82, 2.24) is 19.3 Å². The summed E-state index contributed by atoms with van der Waals surface area (Å²) in [5.74, 6) is 0.484. The summed E-state index contributed by atoms with van der Waals surface area (Å²) in [5, 5.41) is 0. The molecule has 1 aliphatic heterocycles. The van der Waals surface area contributed by atoms with Gasteiger partial charge in [-0.15, -0.1) is 0 Å². The van der Waals surface area contributed by atoms with E-state index < -0.39 is 0 Å². The van der Waals surface area contributed by atoms with Crippen LogP contribution in [0.5, 0.6) is 0 Å². The zero-order valence-electron chi connectivity index (χ0n) is 14.0. The van der Waals surface area contributed by atoms with E-state index in [2.05, 4.69) is 9.97 Å². The van der Waals surface area contributed by atoms with Crippen LogP contribution in [-0.4, -0.2) is 63.7 Å². The Balaban J connectivity index is 1.64. The zero-order chi connectivity index (χ0) is 16.7. The number of imidazole rings is 1. The smallest absolute Gasteiger partial charge is 0.274 e. The van der Waals surface area contributed by atoms with E-state index in [9.17, 15) is 4.79 Å². The van der Waals surface area contributed by atoms with Crippen molar-refractivity contribution in [2.75, 3.05) is 20.8 Å². The second-order valence-corrected chi connectivity index (χ2v) is 6.62. The van der Waals surface area contributed by atoms with E-state index in [1.165, 1.54) is 0 Å². The summed E-state index contributed by atoms with van der Waals surface area (Å²) in [4.78, 5) is 23.5. The highest BCUT2D eigenvalue weighted by molar-refractivity contribution is 5.93. The molecular formula is C17H22N4O3. The van der Waals surface area contributed by atoms with E-state index in [-0.39, 0.29) is 23.7 Å². The van der Waals surface area contributed by atoms with Gasteiger partial charge in [0.05, 0.1) is 17.7 Å². The van der Waals surface area contributed by atoms with Gasteiger partial charge in [0.25, 0.3) is 5.91 Å². The van der Waals surface area contributed by atoms with Gasteiger partial charge in [0, 0.05) is 39.4 Å². The quantitative estimate of drug-likeness (QED) is 0.854. The first kappa shape index (κ1) is 15.5. The lowest BCUT2D eigenvalue weighted by Crippen LogP contribution is -2.53. The van der Waals surface area contributed by atoms with Crippen molar-refractivity contribution in [3.63, 3.8) is 0 Å². The van der Waals surface area contributed by atoms with Crippen molar-refractivity contribution >= 4 is 11.7 Å². The number of methoxy groups -OCH3 is 2. The molecular weight excluding hydrogens is 308 g/mol. The van der Waals surface area contributed by atoms with Crippen molar-refractivity contribution in [1.29, 1.82) is 0 Å². The van der Waals surface area contributed by atoms with Crippen molar-refractivity contribution in [3.05, 3.63) is 30.4 Å². The number of amides is 1. The fourth-order valence-electron chi connectivity index (χ4n) is 4.20. The lowest BCUT2D eigenvalue weighted by atomic mass is 9.79. The van der Waals surface area contributed by atoms with Crippen LogP contribution >= 0.6 is 0 Å². The van der Waals surface area contributed by atoms with Crippen LogP contribution in [0.3, 0.4) is 0 Å². The number of fused-ring (bicyclic) bond motifs is 2. The van der Waals surface area contributed by atoms with Crippen molar-refractivity contribution in [2.45, 2.75) is 43.4 Å². The number of carbonyl (C=O) groups excluding carboxylic acids is 1. The number of hydrogen-bond donors (Lipinski definition) is 0. The Morgan fingerprint density at radius 2 is 2.25 bits per heavy atom. The zero-order valence-corrected chi connectivity index (χ0v) is 14.0. The van der Waals surface area contributed by atoms with Gasteiger partial charge in [-0.3, -0.25) is 9.20 Å². The van der Waals surface area contributed by atoms with Gasteiger partial charge in [0.15, 0.2) is 0 Å². The number of aromatic nitrogens is 3. The molecule has 0 radical (unpaired) electrons. The molecule has 2 aromatic heterocycles. The topological polar surface area (TPSA) is 69.0 Å². The average Bonchev–Trinajstić information content (AvgIpc) is 3.22. The molecule has 2 aromatic rings. The predicted molar refractivity (Wildman–Crippen MR) is 86.8 cm³/mol. The molecule has 0 bridgehead atoms. The van der Waals surface area contributed by atoms with Crippen LogP contribution in [0, 0.1) is 0 Å². The number of carbonyl (C=O) groups is 1. The molecule has 1 amide bonds. The largest absolute Gasteiger partial charge is 0.381 e. The van der Waals surface area contributed by atoms with E-state index >= 15 is 0 Å². The number of hydrogen-bond acceptors (Lipinski definition) is 5. The molecule has 2 fully saturated rings. The van der Waals surface area contributed by atoms with E-state index in [0.717, 1.165) is 25.7 Å². The molecule has 1 saturated carbocycles. The molecule has 0 unspecified atom stereocenters. The first-order valence-corrected chi connectivity index (χ1v) is 8.35. The van der Waals surface area contributed by atoms with Crippen LogP contribution in [0.1, 0.15) is 36.2 Å².